The summed E-state index contributed by atoms with van der Waals surface area (Å²) < 4.78 is 21.6. The van der Waals surface area contributed by atoms with Gasteiger partial charge in [0.1, 0.15) is 0 Å². The minimum absolute atomic E-state index is 0.0457. The fourth-order valence-corrected chi connectivity index (χ4v) is 5.74. The van der Waals surface area contributed by atoms with Gasteiger partial charge in [-0.1, -0.05) is 41.5 Å². The fourth-order valence-electron chi connectivity index (χ4n) is 3.38. The van der Waals surface area contributed by atoms with Gasteiger partial charge in [0.2, 0.25) is 5.95 Å². The van der Waals surface area contributed by atoms with E-state index in [9.17, 15) is 4.79 Å². The summed E-state index contributed by atoms with van der Waals surface area (Å²) in [4.78, 5) is 23.4. The molecule has 0 amide bonds. The van der Waals surface area contributed by atoms with Crippen molar-refractivity contribution in [3.05, 3.63) is 16.7 Å². The quantitative estimate of drug-likeness (QED) is 0.570. The first-order valence-electron chi connectivity index (χ1n) is 11.6. The Morgan fingerprint density at radius 1 is 1.15 bits per heavy atom. The molecular formula is C22H41N5O4Si2. The summed E-state index contributed by atoms with van der Waals surface area (Å²) in [6, 6.07) is 0. The van der Waals surface area contributed by atoms with Crippen molar-refractivity contribution in [3.8, 4) is 0 Å². The number of H-pyrrole nitrogens is 1. The van der Waals surface area contributed by atoms with Gasteiger partial charge in [-0.15, -0.1) is 0 Å². The third-order valence-corrected chi connectivity index (χ3v) is 16.6. The van der Waals surface area contributed by atoms with E-state index in [2.05, 4.69) is 82.7 Å². The van der Waals surface area contributed by atoms with E-state index >= 15 is 0 Å². The van der Waals surface area contributed by atoms with Crippen molar-refractivity contribution >= 4 is 33.7 Å². The second-order valence-electron chi connectivity index (χ2n) is 12.1. The van der Waals surface area contributed by atoms with Gasteiger partial charge in [0.15, 0.2) is 34.0 Å². The number of anilines is 1. The number of fused-ring (bicyclic) bond motifs is 1. The van der Waals surface area contributed by atoms with Crippen LogP contribution in [0.5, 0.6) is 0 Å². The van der Waals surface area contributed by atoms with E-state index < -0.39 is 22.9 Å². The maximum atomic E-state index is 12.3. The smallest absolute Gasteiger partial charge is 0.280 e. The molecule has 186 valence electrons. The molecule has 33 heavy (non-hydrogen) atoms. The molecule has 1 saturated heterocycles. The number of hydrogen-bond donors (Lipinski definition) is 2. The first-order chi connectivity index (χ1) is 14.9. The lowest BCUT2D eigenvalue weighted by atomic mass is 10.2. The first-order valence-corrected chi connectivity index (χ1v) is 17.4. The van der Waals surface area contributed by atoms with Crippen molar-refractivity contribution in [2.75, 3.05) is 12.3 Å². The molecule has 3 heterocycles. The maximum Gasteiger partial charge on any atom is 0.280 e. The van der Waals surface area contributed by atoms with Crippen LogP contribution in [0.2, 0.25) is 36.3 Å². The second kappa shape index (κ2) is 8.60. The molecule has 3 rings (SSSR count). The molecule has 0 aromatic carbocycles. The van der Waals surface area contributed by atoms with E-state index in [1.54, 1.807) is 10.9 Å². The molecule has 1 aliphatic rings. The third-order valence-electron chi connectivity index (χ3n) is 7.56. The molecule has 9 nitrogen and oxygen atoms in total. The van der Waals surface area contributed by atoms with Crippen LogP contribution < -0.4 is 11.3 Å². The van der Waals surface area contributed by atoms with Gasteiger partial charge < -0.3 is 19.3 Å². The Kier molecular flexibility index (Phi) is 6.79. The van der Waals surface area contributed by atoms with Crippen molar-refractivity contribution < 1.29 is 13.6 Å². The highest BCUT2D eigenvalue weighted by Crippen LogP contribution is 2.43. The minimum Gasteiger partial charge on any atom is -0.414 e. The number of aromatic nitrogens is 4. The lowest BCUT2D eigenvalue weighted by Crippen LogP contribution is -2.45. The molecule has 11 heteroatoms. The molecule has 0 unspecified atom stereocenters. The summed E-state index contributed by atoms with van der Waals surface area (Å²) in [5.41, 5.74) is 6.09. The Labute approximate surface area is 198 Å². The molecule has 0 aliphatic carbocycles. The van der Waals surface area contributed by atoms with Crippen LogP contribution in [0, 0.1) is 0 Å². The Balaban J connectivity index is 1.93. The van der Waals surface area contributed by atoms with Crippen molar-refractivity contribution in [1.29, 1.82) is 0 Å². The van der Waals surface area contributed by atoms with Crippen LogP contribution >= 0.6 is 0 Å². The number of aromatic amines is 1. The predicted octanol–water partition coefficient (Wildman–Crippen LogP) is 4.40. The molecule has 0 radical (unpaired) electrons. The Morgan fingerprint density at radius 3 is 2.33 bits per heavy atom. The summed E-state index contributed by atoms with van der Waals surface area (Å²) >= 11 is 0. The van der Waals surface area contributed by atoms with E-state index in [1.165, 1.54) is 0 Å². The SMILES string of the molecule is CC(C)(C)[Si](C)(C)OC[C@@H]1C[C@@H](O[Si](C)(C)C(C)(C)C)[C@H](n2cnc3c(=O)[nH]c(N)nc32)O1. The van der Waals surface area contributed by atoms with Crippen LogP contribution in [0.15, 0.2) is 11.1 Å². The van der Waals surface area contributed by atoms with Gasteiger partial charge in [-0.3, -0.25) is 14.3 Å². The van der Waals surface area contributed by atoms with Gasteiger partial charge in [0.25, 0.3) is 5.56 Å². The number of nitrogens with zero attached hydrogens (tertiary/aromatic N) is 3. The van der Waals surface area contributed by atoms with Gasteiger partial charge in [-0.05, 0) is 36.3 Å². The van der Waals surface area contributed by atoms with Gasteiger partial charge in [-0.25, -0.2) is 4.98 Å². The van der Waals surface area contributed by atoms with Crippen LogP contribution in [-0.4, -0.2) is 55.0 Å². The number of nitrogens with two attached hydrogens (primary N) is 1. The normalized spacial score (nSPS) is 22.9. The van der Waals surface area contributed by atoms with Gasteiger partial charge in [0.05, 0.1) is 25.1 Å². The first kappa shape index (κ1) is 26.1. The Hall–Kier alpha value is -1.54. The highest BCUT2D eigenvalue weighted by atomic mass is 28.4. The number of nitrogen functional groups attached to an aromatic ring is 1. The summed E-state index contributed by atoms with van der Waals surface area (Å²) in [5, 5.41) is 0.162. The summed E-state index contributed by atoms with van der Waals surface area (Å²) in [6.07, 6.45) is 1.49. The average molecular weight is 496 g/mol. The van der Waals surface area contributed by atoms with Gasteiger partial charge in [-0.2, -0.15) is 4.98 Å². The van der Waals surface area contributed by atoms with Crippen LogP contribution in [-0.2, 0) is 13.6 Å². The number of imidazole rings is 1. The molecule has 3 atom stereocenters. The molecular weight excluding hydrogens is 454 g/mol. The van der Waals surface area contributed by atoms with Crippen molar-refractivity contribution in [2.24, 2.45) is 0 Å². The zero-order valence-electron chi connectivity index (χ0n) is 21.8. The topological polar surface area (TPSA) is 117 Å². The van der Waals surface area contributed by atoms with E-state index in [4.69, 9.17) is 19.3 Å². The molecule has 1 fully saturated rings. The zero-order valence-corrected chi connectivity index (χ0v) is 23.8. The number of nitrogens with one attached hydrogen (secondary N) is 1. The molecule has 0 bridgehead atoms. The van der Waals surface area contributed by atoms with Crippen molar-refractivity contribution in [2.45, 2.75) is 103 Å². The van der Waals surface area contributed by atoms with Crippen molar-refractivity contribution in [1.82, 2.24) is 19.5 Å². The standard InChI is InChI=1S/C22H41N5O4Si2/c1-21(2,3)32(7,8)29-12-14-11-15(31-33(9,10)22(4,5)6)19(30-14)27-13-24-16-17(27)25-20(23)26-18(16)28/h13-15,19H,11-12H2,1-10H3,(H3,23,25,26,28)/t14-,15+,19+/m0/s1. The molecule has 2 aromatic heterocycles. The monoisotopic (exact) mass is 495 g/mol. The number of rotatable bonds is 6. The second-order valence-corrected chi connectivity index (χ2v) is 21.7. The van der Waals surface area contributed by atoms with E-state index in [0.29, 0.717) is 18.7 Å². The summed E-state index contributed by atoms with van der Waals surface area (Å²) in [5.74, 6) is 0.0481. The molecule has 1 aliphatic heterocycles. The highest BCUT2D eigenvalue weighted by Gasteiger charge is 2.46. The fraction of sp³-hybridized carbons (Fsp3) is 0.773. The van der Waals surface area contributed by atoms with Crippen molar-refractivity contribution in [3.63, 3.8) is 0 Å². The lowest BCUT2D eigenvalue weighted by Gasteiger charge is -2.39. The van der Waals surface area contributed by atoms with Crippen LogP contribution in [0.25, 0.3) is 11.2 Å². The number of ether oxygens (including phenoxy) is 1. The predicted molar refractivity (Wildman–Crippen MR) is 136 cm³/mol. The van der Waals surface area contributed by atoms with Gasteiger partial charge in [0, 0.05) is 6.42 Å². The Bertz CT molecular complexity index is 1050. The highest BCUT2D eigenvalue weighted by molar-refractivity contribution is 6.74. The van der Waals surface area contributed by atoms with Crippen LogP contribution in [0.1, 0.15) is 54.2 Å². The van der Waals surface area contributed by atoms with Gasteiger partial charge >= 0.3 is 0 Å². The largest absolute Gasteiger partial charge is 0.414 e. The number of hydrogen-bond acceptors (Lipinski definition) is 7. The lowest BCUT2D eigenvalue weighted by molar-refractivity contribution is -0.0443. The zero-order chi connectivity index (χ0) is 25.0. The van der Waals surface area contributed by atoms with Crippen LogP contribution in [0.3, 0.4) is 0 Å². The van der Waals surface area contributed by atoms with Crippen LogP contribution in [0.4, 0.5) is 5.95 Å². The van der Waals surface area contributed by atoms with E-state index in [0.717, 1.165) is 0 Å². The molecule has 2 aromatic rings. The average Bonchev–Trinajstić information content (AvgIpc) is 3.21. The minimum atomic E-state index is -2.09. The summed E-state index contributed by atoms with van der Waals surface area (Å²) in [7, 11) is -4.02. The van der Waals surface area contributed by atoms with E-state index in [-0.39, 0.29) is 39.3 Å². The summed E-state index contributed by atoms with van der Waals surface area (Å²) in [6.45, 7) is 22.8. The Morgan fingerprint density at radius 2 is 1.76 bits per heavy atom. The molecule has 0 saturated carbocycles. The molecule has 3 N–H and O–H groups in total. The molecule has 0 spiro atoms. The third kappa shape index (κ3) is 5.27. The van der Waals surface area contributed by atoms with E-state index in [1.807, 2.05) is 0 Å². The maximum absolute atomic E-state index is 12.3.